The van der Waals surface area contributed by atoms with Gasteiger partial charge in [-0.1, -0.05) is 0 Å². The van der Waals surface area contributed by atoms with Crippen LogP contribution < -0.4 is 0 Å². The van der Waals surface area contributed by atoms with Crippen LogP contribution in [0.5, 0.6) is 0 Å². The summed E-state index contributed by atoms with van der Waals surface area (Å²) in [6.45, 7) is 1.95. The normalized spacial score (nSPS) is 10.9. The molecule has 0 unspecified atom stereocenters. The van der Waals surface area contributed by atoms with Gasteiger partial charge in [0.25, 0.3) is 0 Å². The van der Waals surface area contributed by atoms with Gasteiger partial charge in [0, 0.05) is 14.2 Å². The summed E-state index contributed by atoms with van der Waals surface area (Å²) in [6.07, 6.45) is 1.28. The highest BCUT2D eigenvalue weighted by Gasteiger charge is 2.11. The molecule has 0 fully saturated rings. The molecule has 0 aromatic carbocycles. The van der Waals surface area contributed by atoms with Crippen LogP contribution in [0.25, 0.3) is 0 Å². The first kappa shape index (κ1) is 8.30. The molecule has 0 atom stereocenters. The van der Waals surface area contributed by atoms with Gasteiger partial charge in [0.15, 0.2) is 5.76 Å². The van der Waals surface area contributed by atoms with Crippen LogP contribution in [0, 0.1) is 6.92 Å². The fraction of sp³-hybridized carbons (Fsp3) is 0.500. The zero-order chi connectivity index (χ0) is 8.27. The minimum absolute atomic E-state index is 0.385. The van der Waals surface area contributed by atoms with E-state index < -0.39 is 0 Å². The lowest BCUT2D eigenvalue weighted by Gasteiger charge is -2.08. The predicted octanol–water partition coefficient (Wildman–Crippen LogP) is 1.88. The number of hydrogen-bond donors (Lipinski definition) is 0. The van der Waals surface area contributed by atoms with Crippen molar-refractivity contribution in [1.29, 1.82) is 0 Å². The van der Waals surface area contributed by atoms with E-state index in [1.165, 1.54) is 0 Å². The van der Waals surface area contributed by atoms with Crippen LogP contribution in [0.15, 0.2) is 16.7 Å². The molecular formula is C8H12O3. The van der Waals surface area contributed by atoms with Crippen molar-refractivity contribution >= 4 is 0 Å². The van der Waals surface area contributed by atoms with E-state index in [0.717, 1.165) is 5.56 Å². The lowest BCUT2D eigenvalue weighted by Crippen LogP contribution is -2.01. The van der Waals surface area contributed by atoms with Gasteiger partial charge in [-0.3, -0.25) is 0 Å². The second kappa shape index (κ2) is 3.55. The molecule has 1 rings (SSSR count). The Morgan fingerprint density at radius 1 is 1.36 bits per heavy atom. The summed E-state index contributed by atoms with van der Waals surface area (Å²) in [5, 5.41) is 0. The molecule has 11 heavy (non-hydrogen) atoms. The zero-order valence-corrected chi connectivity index (χ0v) is 6.96. The Bertz CT molecular complexity index is 213. The molecule has 62 valence electrons. The van der Waals surface area contributed by atoms with Crippen LogP contribution in [0.2, 0.25) is 0 Å². The Labute approximate surface area is 65.9 Å². The minimum atomic E-state index is -0.385. The number of methoxy groups -OCH3 is 2. The van der Waals surface area contributed by atoms with Crippen molar-refractivity contribution in [2.24, 2.45) is 0 Å². The van der Waals surface area contributed by atoms with Gasteiger partial charge >= 0.3 is 0 Å². The maximum Gasteiger partial charge on any atom is 0.216 e. The van der Waals surface area contributed by atoms with Crippen molar-refractivity contribution in [3.8, 4) is 0 Å². The van der Waals surface area contributed by atoms with Crippen molar-refractivity contribution in [2.75, 3.05) is 14.2 Å². The highest BCUT2D eigenvalue weighted by molar-refractivity contribution is 5.11. The molecule has 1 heterocycles. The first-order chi connectivity index (χ1) is 5.27. The number of rotatable bonds is 3. The fourth-order valence-corrected chi connectivity index (χ4v) is 0.906. The first-order valence-corrected chi connectivity index (χ1v) is 3.38. The Kier molecular flexibility index (Phi) is 2.68. The molecule has 0 spiro atoms. The molecule has 0 aliphatic heterocycles. The molecule has 3 heteroatoms. The van der Waals surface area contributed by atoms with Crippen LogP contribution in [-0.2, 0) is 9.47 Å². The molecule has 1 aromatic rings. The highest BCUT2D eigenvalue weighted by atomic mass is 16.7. The summed E-state index contributed by atoms with van der Waals surface area (Å²) in [4.78, 5) is 0. The van der Waals surface area contributed by atoms with Gasteiger partial charge in [0.1, 0.15) is 0 Å². The van der Waals surface area contributed by atoms with Crippen molar-refractivity contribution in [1.82, 2.24) is 0 Å². The third-order valence-electron chi connectivity index (χ3n) is 1.41. The number of aryl methyl sites for hydroxylation is 1. The average Bonchev–Trinajstić information content (AvgIpc) is 2.39. The summed E-state index contributed by atoms with van der Waals surface area (Å²) in [5.74, 6) is 0.701. The fourth-order valence-electron chi connectivity index (χ4n) is 0.906. The molecule has 1 aromatic heterocycles. The topological polar surface area (TPSA) is 31.6 Å². The largest absolute Gasteiger partial charge is 0.464 e. The van der Waals surface area contributed by atoms with E-state index in [2.05, 4.69) is 0 Å². The van der Waals surface area contributed by atoms with Crippen molar-refractivity contribution in [3.05, 3.63) is 23.7 Å². The summed E-state index contributed by atoms with van der Waals surface area (Å²) >= 11 is 0. The smallest absolute Gasteiger partial charge is 0.216 e. The summed E-state index contributed by atoms with van der Waals surface area (Å²) in [7, 11) is 3.15. The van der Waals surface area contributed by atoms with E-state index in [4.69, 9.17) is 13.9 Å². The second-order valence-corrected chi connectivity index (χ2v) is 2.33. The summed E-state index contributed by atoms with van der Waals surface area (Å²) < 4.78 is 15.1. The second-order valence-electron chi connectivity index (χ2n) is 2.33. The lowest BCUT2D eigenvalue weighted by molar-refractivity contribution is -0.117. The van der Waals surface area contributed by atoms with E-state index in [9.17, 15) is 0 Å². The molecule has 0 aliphatic rings. The van der Waals surface area contributed by atoms with Gasteiger partial charge in [-0.05, 0) is 18.6 Å². The molecule has 0 saturated carbocycles. The molecule has 0 saturated heterocycles. The Balaban J connectivity index is 2.73. The van der Waals surface area contributed by atoms with Gasteiger partial charge in [-0.2, -0.15) is 0 Å². The van der Waals surface area contributed by atoms with Crippen molar-refractivity contribution in [2.45, 2.75) is 13.2 Å². The quantitative estimate of drug-likeness (QED) is 0.626. The maximum absolute atomic E-state index is 5.16. The number of ether oxygens (including phenoxy) is 2. The minimum Gasteiger partial charge on any atom is -0.464 e. The first-order valence-electron chi connectivity index (χ1n) is 3.38. The van der Waals surface area contributed by atoms with Gasteiger partial charge in [-0.25, -0.2) is 0 Å². The lowest BCUT2D eigenvalue weighted by atomic mass is 10.3. The average molecular weight is 156 g/mol. The Morgan fingerprint density at radius 3 is 2.36 bits per heavy atom. The Morgan fingerprint density at radius 2 is 2.00 bits per heavy atom. The van der Waals surface area contributed by atoms with Crippen LogP contribution in [0.1, 0.15) is 17.6 Å². The van der Waals surface area contributed by atoms with E-state index in [1.54, 1.807) is 20.5 Å². The van der Waals surface area contributed by atoms with Gasteiger partial charge in [-0.15, -0.1) is 0 Å². The number of furan rings is 1. The third-order valence-corrected chi connectivity index (χ3v) is 1.41. The SMILES string of the molecule is COC(OC)c1cc(C)co1. The van der Waals surface area contributed by atoms with E-state index in [1.807, 2.05) is 13.0 Å². The van der Waals surface area contributed by atoms with E-state index in [-0.39, 0.29) is 6.29 Å². The third kappa shape index (κ3) is 1.82. The Hall–Kier alpha value is -0.800. The molecule has 0 bridgehead atoms. The van der Waals surface area contributed by atoms with Gasteiger partial charge in [0.05, 0.1) is 6.26 Å². The van der Waals surface area contributed by atoms with E-state index in [0.29, 0.717) is 5.76 Å². The molecule has 0 aliphatic carbocycles. The molecular weight excluding hydrogens is 144 g/mol. The maximum atomic E-state index is 5.16. The summed E-state index contributed by atoms with van der Waals surface area (Å²) in [6, 6.07) is 1.89. The monoisotopic (exact) mass is 156 g/mol. The predicted molar refractivity (Wildman–Crippen MR) is 40.2 cm³/mol. The standard InChI is InChI=1S/C8H12O3/c1-6-4-7(11-5-6)8(9-2)10-3/h4-5,8H,1-3H3. The number of hydrogen-bond acceptors (Lipinski definition) is 3. The van der Waals surface area contributed by atoms with Crippen LogP contribution >= 0.6 is 0 Å². The summed E-state index contributed by atoms with van der Waals surface area (Å²) in [5.41, 5.74) is 1.07. The van der Waals surface area contributed by atoms with Crippen LogP contribution in [-0.4, -0.2) is 14.2 Å². The van der Waals surface area contributed by atoms with Crippen LogP contribution in [0.4, 0.5) is 0 Å². The van der Waals surface area contributed by atoms with Crippen molar-refractivity contribution in [3.63, 3.8) is 0 Å². The molecule has 0 N–H and O–H groups in total. The molecule has 0 radical (unpaired) electrons. The molecule has 3 nitrogen and oxygen atoms in total. The molecule has 0 amide bonds. The van der Waals surface area contributed by atoms with E-state index >= 15 is 0 Å². The van der Waals surface area contributed by atoms with Gasteiger partial charge in [0.2, 0.25) is 6.29 Å². The van der Waals surface area contributed by atoms with Crippen LogP contribution in [0.3, 0.4) is 0 Å². The highest BCUT2D eigenvalue weighted by Crippen LogP contribution is 2.18. The zero-order valence-electron chi connectivity index (χ0n) is 6.96. The van der Waals surface area contributed by atoms with Crippen molar-refractivity contribution < 1.29 is 13.9 Å². The van der Waals surface area contributed by atoms with Gasteiger partial charge < -0.3 is 13.9 Å².